The number of carbonyl (C=O) groups is 2. The second-order valence-electron chi connectivity index (χ2n) is 3.79. The average Bonchev–Trinajstić information content (AvgIpc) is 2.82. The van der Waals surface area contributed by atoms with Crippen LogP contribution in [0.15, 0.2) is 28.8 Å². The number of hydrogen-bond donors (Lipinski definition) is 2. The normalized spacial score (nSPS) is 10.2. The molecule has 0 atom stereocenters. The van der Waals surface area contributed by atoms with Gasteiger partial charge in [0.1, 0.15) is 0 Å². The van der Waals surface area contributed by atoms with Crippen LogP contribution in [0.4, 0.5) is 5.69 Å². The third-order valence-electron chi connectivity index (χ3n) is 2.39. The molecule has 0 fully saturated rings. The van der Waals surface area contributed by atoms with Gasteiger partial charge < -0.3 is 14.9 Å². The molecule has 1 heterocycles. The van der Waals surface area contributed by atoms with E-state index in [9.17, 15) is 9.59 Å². The van der Waals surface area contributed by atoms with Crippen LogP contribution in [-0.4, -0.2) is 22.1 Å². The number of halogens is 1. The van der Waals surface area contributed by atoms with Gasteiger partial charge in [-0.1, -0.05) is 16.8 Å². The Bertz CT molecular complexity index is 651. The number of nitrogens with one attached hydrogen (secondary N) is 1. The molecule has 2 N–H and O–H groups in total. The van der Waals surface area contributed by atoms with Gasteiger partial charge in [0.2, 0.25) is 5.76 Å². The van der Waals surface area contributed by atoms with Gasteiger partial charge in [0.15, 0.2) is 5.69 Å². The van der Waals surface area contributed by atoms with Crippen molar-refractivity contribution in [1.29, 1.82) is 0 Å². The Kier molecular flexibility index (Phi) is 3.52. The number of hydrogen-bond acceptors (Lipinski definition) is 4. The van der Waals surface area contributed by atoms with Gasteiger partial charge in [-0.05, 0) is 30.7 Å². The van der Waals surface area contributed by atoms with E-state index in [0.717, 1.165) is 11.6 Å². The molecule has 1 amide bonds. The van der Waals surface area contributed by atoms with Crippen molar-refractivity contribution in [3.63, 3.8) is 0 Å². The molecule has 1 aromatic carbocycles. The van der Waals surface area contributed by atoms with Gasteiger partial charge in [-0.15, -0.1) is 0 Å². The first-order chi connectivity index (χ1) is 8.97. The number of aryl methyl sites for hydroxylation is 1. The maximum Gasteiger partial charge on any atom is 0.374 e. The fraction of sp³-hybridized carbons (Fsp3) is 0.0833. The van der Waals surface area contributed by atoms with Crippen molar-refractivity contribution in [2.45, 2.75) is 6.92 Å². The number of carbonyl (C=O) groups excluding carboxylic acids is 1. The molecule has 0 spiro atoms. The van der Waals surface area contributed by atoms with Gasteiger partial charge in [-0.25, -0.2) is 4.79 Å². The van der Waals surface area contributed by atoms with Crippen molar-refractivity contribution in [1.82, 2.24) is 5.16 Å². The van der Waals surface area contributed by atoms with Crippen molar-refractivity contribution < 1.29 is 19.2 Å². The topological polar surface area (TPSA) is 92.4 Å². The minimum absolute atomic E-state index is 0.105. The third-order valence-corrected chi connectivity index (χ3v) is 2.63. The standard InChI is InChI=1S/C12H9ClN2O4/c1-6-4-7(13)2-3-8(6)14-11(16)9-5-10(12(17)18)19-15-9/h2-5H,1H3,(H,14,16)(H,17,18). The number of benzene rings is 1. The summed E-state index contributed by atoms with van der Waals surface area (Å²) in [6.45, 7) is 1.78. The summed E-state index contributed by atoms with van der Waals surface area (Å²) in [5.41, 5.74) is 1.24. The zero-order valence-corrected chi connectivity index (χ0v) is 10.6. The largest absolute Gasteiger partial charge is 0.475 e. The van der Waals surface area contributed by atoms with Crippen LogP contribution >= 0.6 is 11.6 Å². The molecule has 0 aliphatic heterocycles. The van der Waals surface area contributed by atoms with Crippen molar-refractivity contribution in [3.8, 4) is 0 Å². The first kappa shape index (κ1) is 13.1. The van der Waals surface area contributed by atoms with Crippen LogP contribution in [0.3, 0.4) is 0 Å². The van der Waals surface area contributed by atoms with Crippen LogP contribution in [0.2, 0.25) is 5.02 Å². The Labute approximate surface area is 113 Å². The van der Waals surface area contributed by atoms with E-state index in [-0.39, 0.29) is 5.69 Å². The summed E-state index contributed by atoms with van der Waals surface area (Å²) in [5, 5.41) is 15.2. The molecule has 0 unspecified atom stereocenters. The summed E-state index contributed by atoms with van der Waals surface area (Å²) in [6, 6.07) is 6.04. The molecule has 2 aromatic rings. The monoisotopic (exact) mass is 280 g/mol. The van der Waals surface area contributed by atoms with Crippen LogP contribution in [0.1, 0.15) is 26.6 Å². The van der Waals surface area contributed by atoms with Crippen molar-refractivity contribution in [3.05, 3.63) is 46.3 Å². The predicted molar refractivity (Wildman–Crippen MR) is 67.6 cm³/mol. The van der Waals surface area contributed by atoms with Gasteiger partial charge in [0.05, 0.1) is 0 Å². The van der Waals surface area contributed by atoms with Gasteiger partial charge in [-0.3, -0.25) is 4.79 Å². The first-order valence-electron chi connectivity index (χ1n) is 5.25. The molecule has 0 saturated heterocycles. The molecule has 0 bridgehead atoms. The molecule has 98 valence electrons. The van der Waals surface area contributed by atoms with E-state index in [4.69, 9.17) is 16.7 Å². The van der Waals surface area contributed by atoms with E-state index >= 15 is 0 Å². The van der Waals surface area contributed by atoms with Crippen LogP contribution in [0, 0.1) is 6.92 Å². The van der Waals surface area contributed by atoms with Crippen LogP contribution in [-0.2, 0) is 0 Å². The number of aromatic carboxylic acids is 1. The number of anilines is 1. The van der Waals surface area contributed by atoms with E-state index < -0.39 is 17.6 Å². The Morgan fingerprint density at radius 3 is 2.68 bits per heavy atom. The lowest BCUT2D eigenvalue weighted by Crippen LogP contribution is -2.13. The fourth-order valence-corrected chi connectivity index (χ4v) is 1.66. The predicted octanol–water partition coefficient (Wildman–Crippen LogP) is 2.59. The summed E-state index contributed by atoms with van der Waals surface area (Å²) in [4.78, 5) is 22.4. The summed E-state index contributed by atoms with van der Waals surface area (Å²) in [5.74, 6) is -2.23. The van der Waals surface area contributed by atoms with Gasteiger partial charge >= 0.3 is 5.97 Å². The van der Waals surface area contributed by atoms with E-state index in [1.54, 1.807) is 25.1 Å². The van der Waals surface area contributed by atoms with Crippen molar-refractivity contribution >= 4 is 29.2 Å². The van der Waals surface area contributed by atoms with E-state index in [1.165, 1.54) is 0 Å². The molecular weight excluding hydrogens is 272 g/mol. The SMILES string of the molecule is Cc1cc(Cl)ccc1NC(=O)c1cc(C(=O)O)on1. The molecule has 0 aliphatic carbocycles. The lowest BCUT2D eigenvalue weighted by Gasteiger charge is -2.06. The van der Waals surface area contributed by atoms with E-state index in [2.05, 4.69) is 15.0 Å². The summed E-state index contributed by atoms with van der Waals surface area (Å²) < 4.78 is 4.50. The number of amides is 1. The zero-order chi connectivity index (χ0) is 14.0. The molecule has 0 radical (unpaired) electrons. The second-order valence-corrected chi connectivity index (χ2v) is 4.23. The first-order valence-corrected chi connectivity index (χ1v) is 5.62. The van der Waals surface area contributed by atoms with Gasteiger partial charge in [0.25, 0.3) is 5.91 Å². The highest BCUT2D eigenvalue weighted by Crippen LogP contribution is 2.20. The number of nitrogens with zero attached hydrogens (tertiary/aromatic N) is 1. The van der Waals surface area contributed by atoms with Crippen LogP contribution in [0.5, 0.6) is 0 Å². The minimum Gasteiger partial charge on any atom is -0.475 e. The van der Waals surface area contributed by atoms with Crippen LogP contribution in [0.25, 0.3) is 0 Å². The molecule has 0 saturated carbocycles. The lowest BCUT2D eigenvalue weighted by molar-refractivity contribution is 0.0651. The lowest BCUT2D eigenvalue weighted by atomic mass is 10.2. The highest BCUT2D eigenvalue weighted by atomic mass is 35.5. The molecular formula is C12H9ClN2O4. The minimum atomic E-state index is -1.28. The molecule has 19 heavy (non-hydrogen) atoms. The summed E-state index contributed by atoms with van der Waals surface area (Å²) >= 11 is 5.80. The van der Waals surface area contributed by atoms with Gasteiger partial charge in [-0.2, -0.15) is 0 Å². The molecule has 2 rings (SSSR count). The quantitative estimate of drug-likeness (QED) is 0.901. The number of aromatic nitrogens is 1. The van der Waals surface area contributed by atoms with E-state index in [0.29, 0.717) is 10.7 Å². The highest BCUT2D eigenvalue weighted by Gasteiger charge is 2.17. The van der Waals surface area contributed by atoms with Crippen molar-refractivity contribution in [2.75, 3.05) is 5.32 Å². The summed E-state index contributed by atoms with van der Waals surface area (Å²) in [7, 11) is 0. The molecule has 1 aromatic heterocycles. The van der Waals surface area contributed by atoms with Crippen molar-refractivity contribution in [2.24, 2.45) is 0 Å². The third kappa shape index (κ3) is 2.92. The Morgan fingerprint density at radius 2 is 2.11 bits per heavy atom. The molecule has 6 nitrogen and oxygen atoms in total. The highest BCUT2D eigenvalue weighted by molar-refractivity contribution is 6.30. The maximum absolute atomic E-state index is 11.8. The van der Waals surface area contributed by atoms with Crippen LogP contribution < -0.4 is 5.32 Å². The van der Waals surface area contributed by atoms with Gasteiger partial charge in [0, 0.05) is 16.8 Å². The average molecular weight is 281 g/mol. The number of carboxylic acids is 1. The molecule has 0 aliphatic rings. The molecule has 7 heteroatoms. The number of carboxylic acid groups (broad SMARTS) is 1. The second kappa shape index (κ2) is 5.11. The van der Waals surface area contributed by atoms with E-state index in [1.807, 2.05) is 0 Å². The Hall–Kier alpha value is -2.34. The Balaban J connectivity index is 2.18. The number of rotatable bonds is 3. The smallest absolute Gasteiger partial charge is 0.374 e. The fourth-order valence-electron chi connectivity index (χ4n) is 1.44. The Morgan fingerprint density at radius 1 is 1.37 bits per heavy atom. The summed E-state index contributed by atoms with van der Waals surface area (Å²) in [6.07, 6.45) is 0. The maximum atomic E-state index is 11.8. The zero-order valence-electron chi connectivity index (χ0n) is 9.81.